The summed E-state index contributed by atoms with van der Waals surface area (Å²) in [5.41, 5.74) is 1.14. The second-order valence-corrected chi connectivity index (χ2v) is 4.30. The van der Waals surface area contributed by atoms with Gasteiger partial charge in [-0.3, -0.25) is 14.6 Å². The summed E-state index contributed by atoms with van der Waals surface area (Å²) in [4.78, 5) is 27.3. The van der Waals surface area contributed by atoms with Crippen LogP contribution >= 0.6 is 0 Å². The minimum Gasteiger partial charge on any atom is -0.480 e. The Bertz CT molecular complexity index is 626. The SMILES string of the molecule is CC(Nc1cccnc1C(=O)c1ccccc1)C(=O)O. The van der Waals surface area contributed by atoms with E-state index in [1.54, 1.807) is 36.4 Å². The molecule has 0 spiro atoms. The van der Waals surface area contributed by atoms with Crippen LogP contribution in [-0.2, 0) is 4.79 Å². The number of carbonyl (C=O) groups excluding carboxylic acids is 1. The number of carboxylic acid groups (broad SMARTS) is 1. The fourth-order valence-electron chi connectivity index (χ4n) is 1.72. The summed E-state index contributed by atoms with van der Waals surface area (Å²) in [6, 6.07) is 11.2. The summed E-state index contributed by atoms with van der Waals surface area (Å²) in [5.74, 6) is -1.24. The van der Waals surface area contributed by atoms with Gasteiger partial charge >= 0.3 is 5.97 Å². The molecule has 0 aliphatic carbocycles. The van der Waals surface area contributed by atoms with Gasteiger partial charge in [0, 0.05) is 11.8 Å². The molecule has 102 valence electrons. The van der Waals surface area contributed by atoms with Crippen LogP contribution in [0, 0.1) is 0 Å². The average Bonchev–Trinajstić information content (AvgIpc) is 2.48. The lowest BCUT2D eigenvalue weighted by Gasteiger charge is -2.13. The van der Waals surface area contributed by atoms with Crippen LogP contribution in [0.5, 0.6) is 0 Å². The molecular formula is C15H14N2O3. The third kappa shape index (κ3) is 3.00. The molecule has 0 radical (unpaired) electrons. The molecule has 0 fully saturated rings. The second kappa shape index (κ2) is 5.97. The normalized spacial score (nSPS) is 11.7. The Hall–Kier alpha value is -2.69. The molecule has 1 heterocycles. The van der Waals surface area contributed by atoms with Crippen LogP contribution in [-0.4, -0.2) is 27.9 Å². The van der Waals surface area contributed by atoms with Crippen molar-refractivity contribution in [3.05, 3.63) is 59.9 Å². The van der Waals surface area contributed by atoms with E-state index >= 15 is 0 Å². The Morgan fingerprint density at radius 1 is 1.15 bits per heavy atom. The molecule has 0 saturated carbocycles. The predicted molar refractivity (Wildman–Crippen MR) is 74.8 cm³/mol. The fourth-order valence-corrected chi connectivity index (χ4v) is 1.72. The molecule has 1 atom stereocenters. The summed E-state index contributed by atoms with van der Waals surface area (Å²) in [6.45, 7) is 1.51. The minimum absolute atomic E-state index is 0.215. The van der Waals surface area contributed by atoms with E-state index in [2.05, 4.69) is 10.3 Å². The molecule has 1 unspecified atom stereocenters. The van der Waals surface area contributed by atoms with Crippen LogP contribution < -0.4 is 5.32 Å². The van der Waals surface area contributed by atoms with Gasteiger partial charge in [0.05, 0.1) is 5.69 Å². The molecule has 0 saturated heterocycles. The summed E-state index contributed by atoms with van der Waals surface area (Å²) >= 11 is 0. The number of aliphatic carboxylic acids is 1. The van der Waals surface area contributed by atoms with Crippen molar-refractivity contribution in [2.24, 2.45) is 0 Å². The van der Waals surface area contributed by atoms with Crippen molar-refractivity contribution >= 4 is 17.4 Å². The Labute approximate surface area is 116 Å². The first-order valence-electron chi connectivity index (χ1n) is 6.13. The van der Waals surface area contributed by atoms with Gasteiger partial charge in [-0.1, -0.05) is 30.3 Å². The van der Waals surface area contributed by atoms with Crippen LogP contribution in [0.4, 0.5) is 5.69 Å². The van der Waals surface area contributed by atoms with Crippen LogP contribution in [0.25, 0.3) is 0 Å². The molecular weight excluding hydrogens is 256 g/mol. The standard InChI is InChI=1S/C15H14N2O3/c1-10(15(19)20)17-12-8-5-9-16-13(12)14(18)11-6-3-2-4-7-11/h2-10,17H,1H3,(H,19,20). The maximum atomic E-state index is 12.4. The molecule has 0 aliphatic rings. The molecule has 2 aromatic rings. The number of ketones is 1. The van der Waals surface area contributed by atoms with E-state index in [1.165, 1.54) is 13.1 Å². The number of hydrogen-bond donors (Lipinski definition) is 2. The van der Waals surface area contributed by atoms with Gasteiger partial charge in [0.1, 0.15) is 11.7 Å². The largest absolute Gasteiger partial charge is 0.480 e. The third-order valence-electron chi connectivity index (χ3n) is 2.80. The van der Waals surface area contributed by atoms with Gasteiger partial charge in [-0.2, -0.15) is 0 Å². The van der Waals surface area contributed by atoms with E-state index in [0.717, 1.165) is 0 Å². The van der Waals surface area contributed by atoms with E-state index < -0.39 is 12.0 Å². The van der Waals surface area contributed by atoms with Gasteiger partial charge in [0.2, 0.25) is 5.78 Å². The van der Waals surface area contributed by atoms with Crippen molar-refractivity contribution in [1.82, 2.24) is 4.98 Å². The number of nitrogens with one attached hydrogen (secondary N) is 1. The highest BCUT2D eigenvalue weighted by Gasteiger charge is 2.18. The molecule has 0 aliphatic heterocycles. The number of pyridine rings is 1. The van der Waals surface area contributed by atoms with Gasteiger partial charge in [-0.05, 0) is 19.1 Å². The summed E-state index contributed by atoms with van der Waals surface area (Å²) in [5, 5.41) is 11.7. The van der Waals surface area contributed by atoms with Crippen molar-refractivity contribution in [3.8, 4) is 0 Å². The Balaban J connectivity index is 2.33. The number of carboxylic acids is 1. The molecule has 2 N–H and O–H groups in total. The van der Waals surface area contributed by atoms with Crippen LogP contribution in [0.15, 0.2) is 48.7 Å². The number of rotatable bonds is 5. The monoisotopic (exact) mass is 270 g/mol. The van der Waals surface area contributed by atoms with E-state index in [1.807, 2.05) is 6.07 Å². The third-order valence-corrected chi connectivity index (χ3v) is 2.80. The first-order chi connectivity index (χ1) is 9.59. The van der Waals surface area contributed by atoms with Crippen molar-refractivity contribution in [2.45, 2.75) is 13.0 Å². The summed E-state index contributed by atoms with van der Waals surface area (Å²) < 4.78 is 0. The first-order valence-corrected chi connectivity index (χ1v) is 6.13. The maximum Gasteiger partial charge on any atom is 0.325 e. The van der Waals surface area contributed by atoms with Crippen LogP contribution in [0.3, 0.4) is 0 Å². The highest BCUT2D eigenvalue weighted by molar-refractivity contribution is 6.11. The number of anilines is 1. The zero-order valence-electron chi connectivity index (χ0n) is 10.9. The van der Waals surface area contributed by atoms with Gasteiger partial charge in [-0.25, -0.2) is 0 Å². The van der Waals surface area contributed by atoms with Crippen LogP contribution in [0.1, 0.15) is 23.0 Å². The van der Waals surface area contributed by atoms with Gasteiger partial charge in [0.25, 0.3) is 0 Å². The number of nitrogens with zero attached hydrogens (tertiary/aromatic N) is 1. The summed E-state index contributed by atoms with van der Waals surface area (Å²) in [7, 11) is 0. The van der Waals surface area contributed by atoms with Crippen LogP contribution in [0.2, 0.25) is 0 Å². The van der Waals surface area contributed by atoms with Crippen molar-refractivity contribution in [1.29, 1.82) is 0 Å². The molecule has 2 rings (SSSR count). The lowest BCUT2D eigenvalue weighted by Crippen LogP contribution is -2.26. The number of benzene rings is 1. The van der Waals surface area contributed by atoms with E-state index in [-0.39, 0.29) is 11.5 Å². The van der Waals surface area contributed by atoms with Gasteiger partial charge in [-0.15, -0.1) is 0 Å². The lowest BCUT2D eigenvalue weighted by molar-refractivity contribution is -0.137. The average molecular weight is 270 g/mol. The topological polar surface area (TPSA) is 79.3 Å². The lowest BCUT2D eigenvalue weighted by atomic mass is 10.1. The Morgan fingerprint density at radius 3 is 2.50 bits per heavy atom. The number of hydrogen-bond acceptors (Lipinski definition) is 4. The zero-order valence-corrected chi connectivity index (χ0v) is 10.9. The molecule has 5 heteroatoms. The summed E-state index contributed by atoms with van der Waals surface area (Å²) in [6.07, 6.45) is 1.51. The van der Waals surface area contributed by atoms with Crippen molar-refractivity contribution < 1.29 is 14.7 Å². The second-order valence-electron chi connectivity index (χ2n) is 4.30. The van der Waals surface area contributed by atoms with E-state index in [9.17, 15) is 9.59 Å². The van der Waals surface area contributed by atoms with Crippen molar-refractivity contribution in [3.63, 3.8) is 0 Å². The first kappa shape index (κ1) is 13.7. The Kier molecular flexibility index (Phi) is 4.10. The molecule has 20 heavy (non-hydrogen) atoms. The zero-order chi connectivity index (χ0) is 14.5. The molecule has 1 aromatic carbocycles. The molecule has 1 aromatic heterocycles. The maximum absolute atomic E-state index is 12.4. The van der Waals surface area contributed by atoms with Gasteiger partial charge < -0.3 is 10.4 Å². The molecule has 5 nitrogen and oxygen atoms in total. The minimum atomic E-state index is -0.994. The van der Waals surface area contributed by atoms with Gasteiger partial charge in [0.15, 0.2) is 0 Å². The Morgan fingerprint density at radius 2 is 1.85 bits per heavy atom. The molecule has 0 amide bonds. The highest BCUT2D eigenvalue weighted by Crippen LogP contribution is 2.17. The highest BCUT2D eigenvalue weighted by atomic mass is 16.4. The smallest absolute Gasteiger partial charge is 0.325 e. The predicted octanol–water partition coefficient (Wildman–Crippen LogP) is 2.20. The van der Waals surface area contributed by atoms with E-state index in [4.69, 9.17) is 5.11 Å². The number of aromatic nitrogens is 1. The quantitative estimate of drug-likeness (QED) is 0.814. The van der Waals surface area contributed by atoms with E-state index in [0.29, 0.717) is 11.3 Å². The van der Waals surface area contributed by atoms with Crippen molar-refractivity contribution in [2.75, 3.05) is 5.32 Å². The fraction of sp³-hybridized carbons (Fsp3) is 0.133. The number of carbonyl (C=O) groups is 2. The molecule has 0 bridgehead atoms.